The van der Waals surface area contributed by atoms with Crippen molar-refractivity contribution in [1.29, 1.82) is 0 Å². The Labute approximate surface area is 283 Å². The van der Waals surface area contributed by atoms with Crippen LogP contribution in [0.4, 0.5) is 0 Å². The first-order valence-electron chi connectivity index (χ1n) is 18.7. The fourth-order valence-corrected chi connectivity index (χ4v) is 5.85. The Kier molecular flexibility index (Phi) is 29.4. The van der Waals surface area contributed by atoms with Crippen LogP contribution in [0.1, 0.15) is 168 Å². The maximum Gasteiger partial charge on any atom is 0.306 e. The summed E-state index contributed by atoms with van der Waals surface area (Å²) >= 11 is 0. The Balaban J connectivity index is 4.35. The van der Waals surface area contributed by atoms with Gasteiger partial charge in [0.1, 0.15) is 19.8 Å². The van der Waals surface area contributed by atoms with E-state index in [-0.39, 0.29) is 32.0 Å². The lowest BCUT2D eigenvalue weighted by Gasteiger charge is -2.28. The molecule has 0 aliphatic heterocycles. The molecule has 0 aromatic heterocycles. The van der Waals surface area contributed by atoms with Crippen LogP contribution in [0, 0.1) is 0 Å². The average Bonchev–Trinajstić information content (AvgIpc) is 2.99. The maximum atomic E-state index is 12.6. The van der Waals surface area contributed by atoms with Crippen LogP contribution >= 0.6 is 7.82 Å². The zero-order valence-electron chi connectivity index (χ0n) is 30.5. The van der Waals surface area contributed by atoms with Gasteiger partial charge in [0.05, 0.1) is 27.7 Å². The van der Waals surface area contributed by atoms with E-state index in [1.807, 2.05) is 21.1 Å². The minimum Gasteiger partial charge on any atom is -0.756 e. The lowest BCUT2D eigenvalue weighted by atomic mass is 10.0. The van der Waals surface area contributed by atoms with Gasteiger partial charge in [-0.15, -0.1) is 0 Å². The molecule has 0 radical (unpaired) electrons. The van der Waals surface area contributed by atoms with Gasteiger partial charge in [-0.1, -0.05) is 142 Å². The molecule has 0 aromatic rings. The second-order valence-corrected chi connectivity index (χ2v) is 15.4. The summed E-state index contributed by atoms with van der Waals surface area (Å²) in [6.07, 6.45) is 25.7. The van der Waals surface area contributed by atoms with Crippen molar-refractivity contribution >= 4 is 19.8 Å². The van der Waals surface area contributed by atoms with Crippen LogP contribution in [0.25, 0.3) is 0 Å². The van der Waals surface area contributed by atoms with Crippen molar-refractivity contribution in [3.63, 3.8) is 0 Å². The van der Waals surface area contributed by atoms with Crippen molar-refractivity contribution in [2.45, 2.75) is 174 Å². The summed E-state index contributed by atoms with van der Waals surface area (Å²) in [7, 11) is 1.17. The number of phosphoric ester groups is 1. The second kappa shape index (κ2) is 30.1. The highest BCUT2D eigenvalue weighted by Gasteiger charge is 2.21. The summed E-state index contributed by atoms with van der Waals surface area (Å²) in [4.78, 5) is 37.1. The van der Waals surface area contributed by atoms with Crippen LogP contribution < -0.4 is 4.89 Å². The van der Waals surface area contributed by atoms with Crippen molar-refractivity contribution in [2.75, 3.05) is 47.5 Å². The number of unbranched alkanes of at least 4 members (excludes halogenated alkanes) is 20. The van der Waals surface area contributed by atoms with Gasteiger partial charge in [-0.2, -0.15) is 0 Å². The van der Waals surface area contributed by atoms with Crippen LogP contribution in [-0.2, 0) is 32.7 Å². The quantitative estimate of drug-likeness (QED) is 0.0287. The van der Waals surface area contributed by atoms with Crippen LogP contribution in [0.15, 0.2) is 0 Å². The van der Waals surface area contributed by atoms with E-state index in [2.05, 4.69) is 13.8 Å². The molecule has 0 fully saturated rings. The Hall–Kier alpha value is -0.990. The number of quaternary nitrogens is 1. The van der Waals surface area contributed by atoms with E-state index in [9.17, 15) is 19.0 Å². The van der Waals surface area contributed by atoms with E-state index in [0.29, 0.717) is 17.4 Å². The number of nitrogens with zero attached hydrogens (tertiary/aromatic N) is 1. The first-order chi connectivity index (χ1) is 22.0. The fourth-order valence-electron chi connectivity index (χ4n) is 5.12. The van der Waals surface area contributed by atoms with E-state index in [1.54, 1.807) is 0 Å². The molecule has 0 aromatic carbocycles. The zero-order chi connectivity index (χ0) is 34.4. The number of hydrogen-bond donors (Lipinski definition) is 0. The average molecular weight is 678 g/mol. The van der Waals surface area contributed by atoms with E-state index in [4.69, 9.17) is 18.5 Å². The highest BCUT2D eigenvalue weighted by atomic mass is 31.2. The molecule has 0 amide bonds. The third kappa shape index (κ3) is 32.9. The van der Waals surface area contributed by atoms with Crippen molar-refractivity contribution < 1.29 is 42.1 Å². The maximum absolute atomic E-state index is 12.6. The van der Waals surface area contributed by atoms with Gasteiger partial charge in [-0.3, -0.25) is 14.2 Å². The number of carbonyl (C=O) groups is 2. The molecule has 0 aliphatic rings. The molecule has 2 atom stereocenters. The van der Waals surface area contributed by atoms with Gasteiger partial charge in [-0.25, -0.2) is 0 Å². The molecule has 0 N–H and O–H groups in total. The Morgan fingerprint density at radius 1 is 0.587 bits per heavy atom. The predicted molar refractivity (Wildman–Crippen MR) is 185 cm³/mol. The molecule has 0 saturated carbocycles. The molecule has 0 saturated heterocycles. The van der Waals surface area contributed by atoms with E-state index in [1.165, 1.54) is 103 Å². The van der Waals surface area contributed by atoms with Gasteiger partial charge in [0.15, 0.2) is 6.10 Å². The minimum atomic E-state index is -4.60. The first-order valence-corrected chi connectivity index (χ1v) is 20.2. The molecule has 0 spiro atoms. The molecule has 0 bridgehead atoms. The summed E-state index contributed by atoms with van der Waals surface area (Å²) in [5.74, 6) is -0.834. The number of hydrogen-bond acceptors (Lipinski definition) is 8. The van der Waals surface area contributed by atoms with Crippen molar-refractivity contribution in [3.8, 4) is 0 Å². The number of esters is 2. The molecule has 46 heavy (non-hydrogen) atoms. The van der Waals surface area contributed by atoms with E-state index in [0.717, 1.165) is 32.1 Å². The molecule has 10 heteroatoms. The first kappa shape index (κ1) is 45.0. The second-order valence-electron chi connectivity index (χ2n) is 14.0. The Bertz CT molecular complexity index is 774. The number of rotatable bonds is 34. The van der Waals surface area contributed by atoms with Gasteiger partial charge in [0, 0.05) is 12.8 Å². The highest BCUT2D eigenvalue weighted by molar-refractivity contribution is 7.45. The normalized spacial score (nSPS) is 13.8. The third-order valence-electron chi connectivity index (χ3n) is 8.13. The predicted octanol–water partition coefficient (Wildman–Crippen LogP) is 9.05. The number of ether oxygens (including phenoxy) is 2. The number of likely N-dealkylation sites (N-methyl/N-ethyl adjacent to an activating group) is 1. The number of phosphoric acid groups is 1. The topological polar surface area (TPSA) is 111 Å². The lowest BCUT2D eigenvalue weighted by Crippen LogP contribution is -2.37. The number of carbonyl (C=O) groups excluding carboxylic acids is 2. The smallest absolute Gasteiger partial charge is 0.306 e. The van der Waals surface area contributed by atoms with Gasteiger partial charge >= 0.3 is 11.9 Å². The molecular formula is C36H72NO8P. The standard InChI is InChI=1S/C36H72NO8P/c1-6-8-10-12-14-15-16-17-18-19-20-21-23-25-27-29-36(39)45-34(33-44-46(40,41)43-31-30-37(3,4)5)32-42-35(38)28-26-24-22-13-11-9-7-2/h34H,6-33H2,1-5H3/t34-/m1/s1. The van der Waals surface area contributed by atoms with Crippen LogP contribution in [0.2, 0.25) is 0 Å². The molecule has 0 rings (SSSR count). The van der Waals surface area contributed by atoms with Crippen molar-refractivity contribution in [1.82, 2.24) is 0 Å². The van der Waals surface area contributed by atoms with Crippen LogP contribution in [-0.4, -0.2) is 70.0 Å². The van der Waals surface area contributed by atoms with Gasteiger partial charge in [0.2, 0.25) is 0 Å². The van der Waals surface area contributed by atoms with Crippen molar-refractivity contribution in [2.24, 2.45) is 0 Å². The molecule has 1 unspecified atom stereocenters. The molecule has 0 aliphatic carbocycles. The van der Waals surface area contributed by atoms with Gasteiger partial charge in [0.25, 0.3) is 7.82 Å². The fraction of sp³-hybridized carbons (Fsp3) is 0.944. The van der Waals surface area contributed by atoms with Gasteiger partial charge < -0.3 is 27.9 Å². The van der Waals surface area contributed by atoms with E-state index >= 15 is 0 Å². The van der Waals surface area contributed by atoms with Gasteiger partial charge in [-0.05, 0) is 12.8 Å². The summed E-state index contributed by atoms with van der Waals surface area (Å²) in [6, 6.07) is 0. The Morgan fingerprint density at radius 3 is 1.39 bits per heavy atom. The van der Waals surface area contributed by atoms with Crippen LogP contribution in [0.3, 0.4) is 0 Å². The Morgan fingerprint density at radius 2 is 0.978 bits per heavy atom. The summed E-state index contributed by atoms with van der Waals surface area (Å²) in [5, 5.41) is 0. The molecule has 9 nitrogen and oxygen atoms in total. The van der Waals surface area contributed by atoms with E-state index < -0.39 is 26.5 Å². The summed E-state index contributed by atoms with van der Waals surface area (Å²) in [6.45, 7) is 4.18. The lowest BCUT2D eigenvalue weighted by molar-refractivity contribution is -0.870. The molecule has 0 heterocycles. The largest absolute Gasteiger partial charge is 0.756 e. The summed E-state index contributed by atoms with van der Waals surface area (Å²) < 4.78 is 33.6. The summed E-state index contributed by atoms with van der Waals surface area (Å²) in [5.41, 5.74) is 0. The third-order valence-corrected chi connectivity index (χ3v) is 9.09. The van der Waals surface area contributed by atoms with Crippen molar-refractivity contribution in [3.05, 3.63) is 0 Å². The SMILES string of the molecule is CCCCCCCCCCCCCCCCCC(=O)O[C@H](COC(=O)CCCCCCCCC)COP(=O)([O-])OCC[N+](C)(C)C. The zero-order valence-corrected chi connectivity index (χ0v) is 31.4. The van der Waals surface area contributed by atoms with Crippen LogP contribution in [0.5, 0.6) is 0 Å². The molecular weight excluding hydrogens is 605 g/mol. The highest BCUT2D eigenvalue weighted by Crippen LogP contribution is 2.38. The monoisotopic (exact) mass is 677 g/mol. The molecule has 274 valence electrons. The minimum absolute atomic E-state index is 0.0264.